The lowest BCUT2D eigenvalue weighted by atomic mass is 10.1. The highest BCUT2D eigenvalue weighted by atomic mass is 127. The minimum Gasteiger partial charge on any atom is -0.381 e. The zero-order valence-electron chi connectivity index (χ0n) is 10.4. The van der Waals surface area contributed by atoms with Gasteiger partial charge >= 0.3 is 0 Å². The molecule has 0 bridgehead atoms. The lowest BCUT2D eigenvalue weighted by Crippen LogP contribution is -2.02. The third-order valence-corrected chi connectivity index (χ3v) is 3.87. The Balaban J connectivity index is 2.11. The minimum atomic E-state index is 0.793. The molecule has 0 amide bonds. The van der Waals surface area contributed by atoms with Crippen molar-refractivity contribution in [3.05, 3.63) is 61.7 Å². The number of hydrogen-bond acceptors (Lipinski definition) is 1. The average molecular weight is 372 g/mol. The fourth-order valence-corrected chi connectivity index (χ4v) is 2.75. The van der Waals surface area contributed by atoms with Crippen LogP contribution in [0.1, 0.15) is 16.7 Å². The van der Waals surface area contributed by atoms with Crippen LogP contribution in [0, 0.1) is 17.4 Å². The van der Waals surface area contributed by atoms with Crippen molar-refractivity contribution in [1.82, 2.24) is 0 Å². The van der Waals surface area contributed by atoms with Gasteiger partial charge in [-0.2, -0.15) is 0 Å². The van der Waals surface area contributed by atoms with Gasteiger partial charge in [0.05, 0.1) is 0 Å². The van der Waals surface area contributed by atoms with Crippen LogP contribution in [0.5, 0.6) is 0 Å². The fraction of sp³-hybridized carbons (Fsp3) is 0.200. The molecule has 0 saturated heterocycles. The van der Waals surface area contributed by atoms with E-state index in [4.69, 9.17) is 11.6 Å². The first-order valence-electron chi connectivity index (χ1n) is 5.81. The second kappa shape index (κ2) is 5.93. The molecule has 94 valence electrons. The second-order valence-corrected chi connectivity index (χ2v) is 6.07. The molecule has 0 aliphatic carbocycles. The molecule has 0 saturated carbocycles. The second-order valence-electron chi connectivity index (χ2n) is 4.38. The predicted molar refractivity (Wildman–Crippen MR) is 87.4 cm³/mol. The topological polar surface area (TPSA) is 12.0 Å². The van der Waals surface area contributed by atoms with E-state index in [9.17, 15) is 0 Å². The minimum absolute atomic E-state index is 0.793. The summed E-state index contributed by atoms with van der Waals surface area (Å²) < 4.78 is 1.26. The Bertz CT molecular complexity index is 515. The SMILES string of the molecule is Cc1cc(Cl)ccc1CNc1ccc(I)cc1C. The van der Waals surface area contributed by atoms with Gasteiger partial charge in [0.25, 0.3) is 0 Å². The Morgan fingerprint density at radius 1 is 1.06 bits per heavy atom. The molecular formula is C15H15ClIN. The van der Waals surface area contributed by atoms with E-state index in [1.54, 1.807) is 0 Å². The molecule has 18 heavy (non-hydrogen) atoms. The van der Waals surface area contributed by atoms with Gasteiger partial charge in [-0.1, -0.05) is 17.7 Å². The molecule has 2 rings (SSSR count). The van der Waals surface area contributed by atoms with Crippen LogP contribution in [0.2, 0.25) is 5.02 Å². The Hall–Kier alpha value is -0.740. The van der Waals surface area contributed by atoms with E-state index in [1.165, 1.54) is 25.9 Å². The third kappa shape index (κ3) is 3.39. The highest BCUT2D eigenvalue weighted by molar-refractivity contribution is 14.1. The predicted octanol–water partition coefficient (Wildman–Crippen LogP) is 5.17. The molecule has 0 atom stereocenters. The van der Waals surface area contributed by atoms with Crippen molar-refractivity contribution < 1.29 is 0 Å². The molecule has 2 aromatic carbocycles. The summed E-state index contributed by atoms with van der Waals surface area (Å²) in [5.74, 6) is 0. The van der Waals surface area contributed by atoms with Crippen LogP contribution in [0.3, 0.4) is 0 Å². The van der Waals surface area contributed by atoms with Crippen LogP contribution in [0.25, 0.3) is 0 Å². The summed E-state index contributed by atoms with van der Waals surface area (Å²) in [5.41, 5.74) is 4.95. The van der Waals surface area contributed by atoms with Gasteiger partial charge in [0, 0.05) is 20.8 Å². The third-order valence-electron chi connectivity index (χ3n) is 2.96. The van der Waals surface area contributed by atoms with Crippen molar-refractivity contribution in [1.29, 1.82) is 0 Å². The Labute approximate surface area is 127 Å². The molecular weight excluding hydrogens is 357 g/mol. The summed E-state index contributed by atoms with van der Waals surface area (Å²) in [6.45, 7) is 5.04. The molecule has 0 radical (unpaired) electrons. The number of hydrogen-bond donors (Lipinski definition) is 1. The Morgan fingerprint density at radius 2 is 1.83 bits per heavy atom. The van der Waals surface area contributed by atoms with Gasteiger partial charge in [-0.25, -0.2) is 0 Å². The maximum atomic E-state index is 5.96. The molecule has 0 spiro atoms. The van der Waals surface area contributed by atoms with Gasteiger partial charge in [0.15, 0.2) is 0 Å². The van der Waals surface area contributed by atoms with Crippen molar-refractivity contribution in [2.75, 3.05) is 5.32 Å². The van der Waals surface area contributed by atoms with Crippen molar-refractivity contribution in [3.8, 4) is 0 Å². The Morgan fingerprint density at radius 3 is 2.50 bits per heavy atom. The van der Waals surface area contributed by atoms with Gasteiger partial charge < -0.3 is 5.32 Å². The molecule has 1 N–H and O–H groups in total. The van der Waals surface area contributed by atoms with Crippen LogP contribution in [0.15, 0.2) is 36.4 Å². The van der Waals surface area contributed by atoms with Crippen LogP contribution >= 0.6 is 34.2 Å². The van der Waals surface area contributed by atoms with Gasteiger partial charge in [-0.3, -0.25) is 0 Å². The van der Waals surface area contributed by atoms with E-state index in [2.05, 4.69) is 66.0 Å². The highest BCUT2D eigenvalue weighted by Gasteiger charge is 2.01. The number of anilines is 1. The van der Waals surface area contributed by atoms with Crippen LogP contribution in [0.4, 0.5) is 5.69 Å². The number of nitrogens with one attached hydrogen (secondary N) is 1. The van der Waals surface area contributed by atoms with Crippen molar-refractivity contribution in [3.63, 3.8) is 0 Å². The van der Waals surface area contributed by atoms with E-state index < -0.39 is 0 Å². The van der Waals surface area contributed by atoms with Gasteiger partial charge in [-0.05, 0) is 83.5 Å². The van der Waals surface area contributed by atoms with Crippen molar-refractivity contribution in [2.24, 2.45) is 0 Å². The van der Waals surface area contributed by atoms with E-state index in [0.29, 0.717) is 0 Å². The molecule has 0 aromatic heterocycles. The molecule has 1 nitrogen and oxygen atoms in total. The van der Waals surface area contributed by atoms with Gasteiger partial charge in [0.2, 0.25) is 0 Å². The smallest absolute Gasteiger partial charge is 0.0408 e. The van der Waals surface area contributed by atoms with Crippen molar-refractivity contribution >= 4 is 39.9 Å². The summed E-state index contributed by atoms with van der Waals surface area (Å²) in [7, 11) is 0. The molecule has 2 aromatic rings. The summed E-state index contributed by atoms with van der Waals surface area (Å²) in [5, 5.41) is 4.26. The van der Waals surface area contributed by atoms with Crippen LogP contribution in [-0.2, 0) is 6.54 Å². The van der Waals surface area contributed by atoms with E-state index in [1.807, 2.05) is 12.1 Å². The first-order chi connectivity index (χ1) is 8.56. The zero-order valence-corrected chi connectivity index (χ0v) is 13.3. The van der Waals surface area contributed by atoms with Crippen LogP contribution < -0.4 is 5.32 Å². The highest BCUT2D eigenvalue weighted by Crippen LogP contribution is 2.20. The standard InChI is InChI=1S/C15H15ClIN/c1-10-7-13(16)4-3-12(10)9-18-15-6-5-14(17)8-11(15)2/h3-8,18H,9H2,1-2H3. The van der Waals surface area contributed by atoms with Gasteiger partial charge in [0.1, 0.15) is 0 Å². The summed E-state index contributed by atoms with van der Waals surface area (Å²) >= 11 is 8.28. The quantitative estimate of drug-likeness (QED) is 0.734. The number of rotatable bonds is 3. The summed E-state index contributed by atoms with van der Waals surface area (Å²) in [6.07, 6.45) is 0. The van der Waals surface area contributed by atoms with Crippen molar-refractivity contribution in [2.45, 2.75) is 20.4 Å². The van der Waals surface area contributed by atoms with Gasteiger partial charge in [-0.15, -0.1) is 0 Å². The molecule has 0 aliphatic heterocycles. The normalized spacial score (nSPS) is 10.4. The first kappa shape index (κ1) is 13.7. The summed E-state index contributed by atoms with van der Waals surface area (Å²) in [4.78, 5) is 0. The largest absolute Gasteiger partial charge is 0.381 e. The molecule has 0 unspecified atom stereocenters. The number of aryl methyl sites for hydroxylation is 2. The van der Waals surface area contributed by atoms with E-state index in [0.717, 1.165) is 11.6 Å². The molecule has 0 aliphatic rings. The monoisotopic (exact) mass is 371 g/mol. The lowest BCUT2D eigenvalue weighted by molar-refractivity contribution is 1.11. The first-order valence-corrected chi connectivity index (χ1v) is 7.27. The van der Waals surface area contributed by atoms with Crippen LogP contribution in [-0.4, -0.2) is 0 Å². The number of halogens is 2. The van der Waals surface area contributed by atoms with E-state index >= 15 is 0 Å². The Kier molecular flexibility index (Phi) is 4.51. The van der Waals surface area contributed by atoms with E-state index in [-0.39, 0.29) is 0 Å². The lowest BCUT2D eigenvalue weighted by Gasteiger charge is -2.12. The molecule has 3 heteroatoms. The summed E-state index contributed by atoms with van der Waals surface area (Å²) in [6, 6.07) is 12.4. The fourth-order valence-electron chi connectivity index (χ4n) is 1.87. The maximum absolute atomic E-state index is 5.96. The maximum Gasteiger partial charge on any atom is 0.0408 e. The zero-order chi connectivity index (χ0) is 13.1. The molecule has 0 fully saturated rings. The number of benzene rings is 2. The molecule has 0 heterocycles. The average Bonchev–Trinajstić information content (AvgIpc) is 2.30.